The first-order valence-corrected chi connectivity index (χ1v) is 8.46. The number of carbonyl (C=O) groups is 1. The zero-order chi connectivity index (χ0) is 15.4. The van der Waals surface area contributed by atoms with Crippen LogP contribution in [-0.4, -0.2) is 29.9 Å². The highest BCUT2D eigenvalue weighted by atomic mass is 16.1. The molecule has 22 heavy (non-hydrogen) atoms. The maximum Gasteiger partial charge on any atom is 0.220 e. The van der Waals surface area contributed by atoms with Crippen LogP contribution in [0.25, 0.3) is 0 Å². The zero-order valence-electron chi connectivity index (χ0n) is 13.4. The molecule has 0 saturated carbocycles. The summed E-state index contributed by atoms with van der Waals surface area (Å²) in [5.74, 6) is 0.651. The van der Waals surface area contributed by atoms with Crippen molar-refractivity contribution < 1.29 is 4.79 Å². The van der Waals surface area contributed by atoms with E-state index in [0.717, 1.165) is 38.9 Å². The van der Waals surface area contributed by atoms with Gasteiger partial charge >= 0.3 is 0 Å². The first-order chi connectivity index (χ1) is 10.7. The average molecular weight is 298 g/mol. The van der Waals surface area contributed by atoms with Gasteiger partial charge in [-0.25, -0.2) is 0 Å². The summed E-state index contributed by atoms with van der Waals surface area (Å²) in [5, 5.41) is 3.12. The molecule has 0 radical (unpaired) electrons. The predicted octanol–water partition coefficient (Wildman–Crippen LogP) is 2.91. The molecule has 1 heterocycles. The van der Waals surface area contributed by atoms with Crippen LogP contribution in [0, 0.1) is 5.92 Å². The Hall–Kier alpha value is -1.61. The van der Waals surface area contributed by atoms with Gasteiger partial charge in [0.1, 0.15) is 0 Å². The van der Waals surface area contributed by atoms with Crippen LogP contribution in [0.4, 0.5) is 0 Å². The fourth-order valence-corrected chi connectivity index (χ4v) is 3.46. The molecule has 0 aromatic heterocycles. The summed E-state index contributed by atoms with van der Waals surface area (Å²) in [7, 11) is 0. The van der Waals surface area contributed by atoms with E-state index in [0.29, 0.717) is 18.4 Å². The number of amides is 1. The Kier molecular flexibility index (Phi) is 4.94. The Morgan fingerprint density at radius 2 is 2.18 bits per heavy atom. The SMILES string of the molecule is CC(CNC(=O)CC1C=CCC1)N1CCc2ccccc2C1. The lowest BCUT2D eigenvalue weighted by molar-refractivity contribution is -0.121. The normalized spacial score (nSPS) is 22.3. The van der Waals surface area contributed by atoms with Crippen molar-refractivity contribution in [2.45, 2.75) is 45.2 Å². The molecule has 2 atom stereocenters. The minimum atomic E-state index is 0.195. The molecular weight excluding hydrogens is 272 g/mol. The molecule has 0 bridgehead atoms. The van der Waals surface area contributed by atoms with Gasteiger partial charge < -0.3 is 5.32 Å². The first kappa shape index (κ1) is 15.3. The highest BCUT2D eigenvalue weighted by molar-refractivity contribution is 5.76. The van der Waals surface area contributed by atoms with Crippen LogP contribution in [-0.2, 0) is 17.8 Å². The van der Waals surface area contributed by atoms with E-state index >= 15 is 0 Å². The smallest absolute Gasteiger partial charge is 0.220 e. The van der Waals surface area contributed by atoms with Gasteiger partial charge in [0.05, 0.1) is 0 Å². The van der Waals surface area contributed by atoms with E-state index in [1.807, 2.05) is 0 Å². The number of hydrogen-bond donors (Lipinski definition) is 1. The lowest BCUT2D eigenvalue weighted by Crippen LogP contribution is -2.44. The Morgan fingerprint density at radius 3 is 2.95 bits per heavy atom. The molecule has 1 aromatic rings. The highest BCUT2D eigenvalue weighted by Gasteiger charge is 2.21. The monoisotopic (exact) mass is 298 g/mol. The Labute approximate surface area is 133 Å². The standard InChI is InChI=1S/C19H26N2O/c1-15(13-20-19(22)12-16-6-2-3-7-16)21-11-10-17-8-4-5-9-18(17)14-21/h2,4-6,8-9,15-16H,3,7,10-14H2,1H3,(H,20,22). The maximum absolute atomic E-state index is 12.0. The van der Waals surface area contributed by atoms with Gasteiger partial charge in [-0.05, 0) is 43.2 Å². The van der Waals surface area contributed by atoms with Crippen LogP contribution in [0.15, 0.2) is 36.4 Å². The Balaban J connectivity index is 1.45. The summed E-state index contributed by atoms with van der Waals surface area (Å²) in [6.07, 6.45) is 8.39. The summed E-state index contributed by atoms with van der Waals surface area (Å²) in [4.78, 5) is 14.5. The van der Waals surface area contributed by atoms with Crippen molar-refractivity contribution in [1.29, 1.82) is 0 Å². The molecule has 3 heteroatoms. The Bertz CT molecular complexity index is 552. The molecule has 0 saturated heterocycles. The number of nitrogens with one attached hydrogen (secondary N) is 1. The number of nitrogens with zero attached hydrogens (tertiary/aromatic N) is 1. The maximum atomic E-state index is 12.0. The van der Waals surface area contributed by atoms with Crippen LogP contribution >= 0.6 is 0 Å². The van der Waals surface area contributed by atoms with Crippen LogP contribution < -0.4 is 5.32 Å². The van der Waals surface area contributed by atoms with Gasteiger partial charge in [0, 0.05) is 32.1 Å². The molecule has 3 nitrogen and oxygen atoms in total. The second kappa shape index (κ2) is 7.10. The number of allylic oxidation sites excluding steroid dienone is 2. The molecular formula is C19H26N2O. The van der Waals surface area contributed by atoms with Crippen LogP contribution in [0.3, 0.4) is 0 Å². The lowest BCUT2D eigenvalue weighted by atomic mass is 9.99. The molecule has 0 fully saturated rings. The molecule has 0 spiro atoms. The van der Waals surface area contributed by atoms with E-state index in [9.17, 15) is 4.79 Å². The third kappa shape index (κ3) is 3.77. The third-order valence-electron chi connectivity index (χ3n) is 4.94. The van der Waals surface area contributed by atoms with Gasteiger partial charge in [-0.1, -0.05) is 36.4 Å². The van der Waals surface area contributed by atoms with E-state index < -0.39 is 0 Å². The van der Waals surface area contributed by atoms with E-state index in [1.165, 1.54) is 11.1 Å². The minimum absolute atomic E-state index is 0.195. The van der Waals surface area contributed by atoms with Crippen LogP contribution in [0.1, 0.15) is 37.3 Å². The largest absolute Gasteiger partial charge is 0.355 e. The van der Waals surface area contributed by atoms with Crippen molar-refractivity contribution in [3.05, 3.63) is 47.5 Å². The second-order valence-corrected chi connectivity index (χ2v) is 6.61. The number of benzene rings is 1. The zero-order valence-corrected chi connectivity index (χ0v) is 13.4. The number of carbonyl (C=O) groups excluding carboxylic acids is 1. The Morgan fingerprint density at radius 1 is 1.36 bits per heavy atom. The quantitative estimate of drug-likeness (QED) is 0.848. The van der Waals surface area contributed by atoms with Crippen molar-refractivity contribution >= 4 is 5.91 Å². The number of hydrogen-bond acceptors (Lipinski definition) is 2. The third-order valence-corrected chi connectivity index (χ3v) is 4.94. The number of rotatable bonds is 5. The van der Waals surface area contributed by atoms with Gasteiger partial charge in [0.2, 0.25) is 5.91 Å². The summed E-state index contributed by atoms with van der Waals surface area (Å²) >= 11 is 0. The van der Waals surface area contributed by atoms with Crippen molar-refractivity contribution in [3.8, 4) is 0 Å². The lowest BCUT2D eigenvalue weighted by Gasteiger charge is -2.33. The van der Waals surface area contributed by atoms with E-state index in [-0.39, 0.29) is 5.91 Å². The first-order valence-electron chi connectivity index (χ1n) is 8.46. The van der Waals surface area contributed by atoms with Gasteiger partial charge in [0.25, 0.3) is 0 Å². The van der Waals surface area contributed by atoms with E-state index in [1.54, 1.807) is 0 Å². The van der Waals surface area contributed by atoms with E-state index in [2.05, 4.69) is 53.6 Å². The number of fused-ring (bicyclic) bond motifs is 1. The molecule has 1 aromatic carbocycles. The topological polar surface area (TPSA) is 32.3 Å². The predicted molar refractivity (Wildman–Crippen MR) is 89.5 cm³/mol. The molecule has 3 rings (SSSR count). The fraction of sp³-hybridized carbons (Fsp3) is 0.526. The van der Waals surface area contributed by atoms with Gasteiger partial charge in [-0.2, -0.15) is 0 Å². The van der Waals surface area contributed by atoms with Gasteiger partial charge in [-0.3, -0.25) is 9.69 Å². The molecule has 118 valence electrons. The van der Waals surface area contributed by atoms with Crippen molar-refractivity contribution in [1.82, 2.24) is 10.2 Å². The fourth-order valence-electron chi connectivity index (χ4n) is 3.46. The summed E-state index contributed by atoms with van der Waals surface area (Å²) in [6, 6.07) is 9.07. The molecule has 2 unspecified atom stereocenters. The van der Waals surface area contributed by atoms with E-state index in [4.69, 9.17) is 0 Å². The van der Waals surface area contributed by atoms with Gasteiger partial charge in [0.15, 0.2) is 0 Å². The molecule has 1 N–H and O–H groups in total. The average Bonchev–Trinajstić information content (AvgIpc) is 3.05. The summed E-state index contributed by atoms with van der Waals surface area (Å²) < 4.78 is 0. The summed E-state index contributed by atoms with van der Waals surface area (Å²) in [5.41, 5.74) is 2.91. The van der Waals surface area contributed by atoms with Crippen molar-refractivity contribution in [2.24, 2.45) is 5.92 Å². The van der Waals surface area contributed by atoms with Crippen LogP contribution in [0.5, 0.6) is 0 Å². The van der Waals surface area contributed by atoms with Crippen LogP contribution in [0.2, 0.25) is 0 Å². The van der Waals surface area contributed by atoms with Crippen molar-refractivity contribution in [2.75, 3.05) is 13.1 Å². The summed E-state index contributed by atoms with van der Waals surface area (Å²) in [6.45, 7) is 5.04. The second-order valence-electron chi connectivity index (χ2n) is 6.61. The molecule has 1 aliphatic heterocycles. The molecule has 1 aliphatic carbocycles. The molecule has 1 amide bonds. The minimum Gasteiger partial charge on any atom is -0.355 e. The highest BCUT2D eigenvalue weighted by Crippen LogP contribution is 2.21. The van der Waals surface area contributed by atoms with Gasteiger partial charge in [-0.15, -0.1) is 0 Å². The molecule has 2 aliphatic rings. The van der Waals surface area contributed by atoms with Crippen molar-refractivity contribution in [3.63, 3.8) is 0 Å².